The molecule has 1 heterocycles. The third kappa shape index (κ3) is 2.41. The molecule has 4 N–H and O–H groups in total. The van der Waals surface area contributed by atoms with Crippen molar-refractivity contribution in [1.82, 2.24) is 10.2 Å². The predicted octanol–water partition coefficient (Wildman–Crippen LogP) is 3.19. The largest absolute Gasteiger partial charge is 0.399 e. The number of hydrogen-bond acceptors (Lipinski definition) is 3. The van der Waals surface area contributed by atoms with Gasteiger partial charge < -0.3 is 11.1 Å². The van der Waals surface area contributed by atoms with Crippen LogP contribution in [0.25, 0.3) is 10.9 Å². The Hall–Kier alpha value is -2.60. The Morgan fingerprint density at radius 2 is 2.14 bits per heavy atom. The second-order valence-corrected chi connectivity index (χ2v) is 4.84. The zero-order valence-electron chi connectivity index (χ0n) is 10.7. The molecular weight excluding hydrogens is 295 g/mol. The second-order valence-electron chi connectivity index (χ2n) is 4.43. The number of nitrogens with two attached hydrogens (primary N) is 1. The first-order chi connectivity index (χ1) is 10.1. The first kappa shape index (κ1) is 13.4. The normalized spacial score (nSPS) is 10.8. The topological polar surface area (TPSA) is 83.8 Å². The van der Waals surface area contributed by atoms with Crippen molar-refractivity contribution in [3.05, 3.63) is 52.9 Å². The van der Waals surface area contributed by atoms with Crippen molar-refractivity contribution >= 4 is 39.8 Å². The van der Waals surface area contributed by atoms with Crippen molar-refractivity contribution < 1.29 is 9.18 Å². The summed E-state index contributed by atoms with van der Waals surface area (Å²) < 4.78 is 13.7. The highest BCUT2D eigenvalue weighted by molar-refractivity contribution is 6.34. The number of carbonyl (C=O) groups is 1. The zero-order valence-corrected chi connectivity index (χ0v) is 11.4. The number of amides is 1. The molecule has 106 valence electrons. The molecule has 0 aliphatic heterocycles. The molecule has 0 bridgehead atoms. The number of halogens is 2. The van der Waals surface area contributed by atoms with Crippen molar-refractivity contribution in [2.45, 2.75) is 0 Å². The van der Waals surface area contributed by atoms with Gasteiger partial charge in [-0.1, -0.05) is 17.7 Å². The van der Waals surface area contributed by atoms with Crippen LogP contribution in [0.4, 0.5) is 15.8 Å². The molecule has 2 aromatic carbocycles. The summed E-state index contributed by atoms with van der Waals surface area (Å²) in [5.74, 6) is -1.19. The molecule has 3 aromatic rings. The molecule has 1 aromatic heterocycles. The highest BCUT2D eigenvalue weighted by Gasteiger charge is 2.17. The number of aromatic amines is 1. The van der Waals surface area contributed by atoms with Gasteiger partial charge in [-0.05, 0) is 30.3 Å². The van der Waals surface area contributed by atoms with E-state index in [-0.39, 0.29) is 16.4 Å². The maximum absolute atomic E-state index is 13.7. The lowest BCUT2D eigenvalue weighted by atomic mass is 10.2. The molecule has 0 spiro atoms. The molecule has 0 fully saturated rings. The van der Waals surface area contributed by atoms with Crippen LogP contribution in [0, 0.1) is 5.82 Å². The van der Waals surface area contributed by atoms with Gasteiger partial charge >= 0.3 is 0 Å². The minimum atomic E-state index is -0.616. The number of anilines is 2. The fraction of sp³-hybridized carbons (Fsp3) is 0. The number of nitrogen functional groups attached to an aromatic ring is 1. The fourth-order valence-corrected chi connectivity index (χ4v) is 2.20. The summed E-state index contributed by atoms with van der Waals surface area (Å²) >= 11 is 5.88. The lowest BCUT2D eigenvalue weighted by Crippen LogP contribution is -2.14. The monoisotopic (exact) mass is 304 g/mol. The van der Waals surface area contributed by atoms with Crippen molar-refractivity contribution in [2.75, 3.05) is 11.1 Å². The van der Waals surface area contributed by atoms with Crippen LogP contribution in [-0.2, 0) is 0 Å². The minimum absolute atomic E-state index is 0.0794. The van der Waals surface area contributed by atoms with Gasteiger partial charge in [-0.15, -0.1) is 0 Å². The first-order valence-corrected chi connectivity index (χ1v) is 6.43. The molecule has 0 aliphatic carbocycles. The Bertz CT molecular complexity index is 826. The lowest BCUT2D eigenvalue weighted by Gasteiger charge is -2.07. The Labute approximate surface area is 123 Å². The summed E-state index contributed by atoms with van der Waals surface area (Å²) in [5.41, 5.74) is 6.90. The van der Waals surface area contributed by atoms with E-state index >= 15 is 0 Å². The van der Waals surface area contributed by atoms with E-state index in [4.69, 9.17) is 17.3 Å². The summed E-state index contributed by atoms with van der Waals surface area (Å²) in [7, 11) is 0. The first-order valence-electron chi connectivity index (χ1n) is 6.05. The Morgan fingerprint density at radius 1 is 1.33 bits per heavy atom. The third-order valence-corrected chi connectivity index (χ3v) is 3.32. The van der Waals surface area contributed by atoms with Gasteiger partial charge in [-0.3, -0.25) is 9.89 Å². The smallest absolute Gasteiger partial charge is 0.276 e. The number of H-pyrrole nitrogens is 1. The molecule has 3 rings (SSSR count). The number of para-hydroxylation sites is 1. The second kappa shape index (κ2) is 5.06. The standard InChI is InChI=1S/C14H10ClFN4O/c15-9-2-1-3-10(16)13(9)18-14(21)12-8-6-7(17)4-5-11(8)19-20-12/h1-6H,17H2,(H,18,21)(H,19,20). The molecule has 1 amide bonds. The molecule has 7 heteroatoms. The predicted molar refractivity (Wildman–Crippen MR) is 79.9 cm³/mol. The van der Waals surface area contributed by atoms with Crippen LogP contribution < -0.4 is 11.1 Å². The number of fused-ring (bicyclic) bond motifs is 1. The third-order valence-electron chi connectivity index (χ3n) is 3.00. The molecule has 0 saturated carbocycles. The van der Waals surface area contributed by atoms with E-state index in [0.29, 0.717) is 16.6 Å². The van der Waals surface area contributed by atoms with Crippen LogP contribution in [0.15, 0.2) is 36.4 Å². The zero-order chi connectivity index (χ0) is 15.0. The highest BCUT2D eigenvalue weighted by Crippen LogP contribution is 2.26. The molecule has 21 heavy (non-hydrogen) atoms. The fourth-order valence-electron chi connectivity index (χ4n) is 1.99. The van der Waals surface area contributed by atoms with Gasteiger partial charge in [0.1, 0.15) is 5.82 Å². The van der Waals surface area contributed by atoms with E-state index in [2.05, 4.69) is 15.5 Å². The van der Waals surface area contributed by atoms with Crippen LogP contribution in [0.5, 0.6) is 0 Å². The van der Waals surface area contributed by atoms with E-state index < -0.39 is 11.7 Å². The maximum Gasteiger partial charge on any atom is 0.276 e. The molecular formula is C14H10ClFN4O. The minimum Gasteiger partial charge on any atom is -0.399 e. The summed E-state index contributed by atoms with van der Waals surface area (Å²) in [4.78, 5) is 12.2. The average Bonchev–Trinajstić information content (AvgIpc) is 2.86. The number of benzene rings is 2. The summed E-state index contributed by atoms with van der Waals surface area (Å²) in [5, 5.41) is 9.74. The quantitative estimate of drug-likeness (QED) is 0.636. The van der Waals surface area contributed by atoms with Gasteiger partial charge in [-0.2, -0.15) is 5.10 Å². The summed E-state index contributed by atoms with van der Waals surface area (Å²) in [6, 6.07) is 9.18. The van der Waals surface area contributed by atoms with Crippen LogP contribution in [0.2, 0.25) is 5.02 Å². The van der Waals surface area contributed by atoms with Crippen LogP contribution in [-0.4, -0.2) is 16.1 Å². The van der Waals surface area contributed by atoms with Gasteiger partial charge in [0.15, 0.2) is 5.69 Å². The molecule has 0 radical (unpaired) electrons. The van der Waals surface area contributed by atoms with Crippen LogP contribution in [0.3, 0.4) is 0 Å². The number of carbonyl (C=O) groups excluding carboxylic acids is 1. The van der Waals surface area contributed by atoms with Crippen LogP contribution in [0.1, 0.15) is 10.5 Å². The number of rotatable bonds is 2. The number of aromatic nitrogens is 2. The van der Waals surface area contributed by atoms with E-state index in [1.165, 1.54) is 18.2 Å². The van der Waals surface area contributed by atoms with Gasteiger partial charge in [-0.25, -0.2) is 4.39 Å². The summed E-state index contributed by atoms with van der Waals surface area (Å²) in [6.45, 7) is 0. The maximum atomic E-state index is 13.7. The van der Waals surface area contributed by atoms with Gasteiger partial charge in [0.25, 0.3) is 5.91 Å². The summed E-state index contributed by atoms with van der Waals surface area (Å²) in [6.07, 6.45) is 0. The van der Waals surface area contributed by atoms with Gasteiger partial charge in [0, 0.05) is 11.1 Å². The number of nitrogens with one attached hydrogen (secondary N) is 2. The van der Waals surface area contributed by atoms with Gasteiger partial charge in [0.2, 0.25) is 0 Å². The molecule has 0 aliphatic rings. The van der Waals surface area contributed by atoms with Crippen molar-refractivity contribution in [3.8, 4) is 0 Å². The number of hydrogen-bond donors (Lipinski definition) is 3. The average molecular weight is 305 g/mol. The molecule has 5 nitrogen and oxygen atoms in total. The van der Waals surface area contributed by atoms with Crippen LogP contribution >= 0.6 is 11.6 Å². The molecule has 0 unspecified atom stereocenters. The van der Waals surface area contributed by atoms with E-state index in [1.807, 2.05) is 0 Å². The number of nitrogens with zero attached hydrogens (tertiary/aromatic N) is 1. The molecule has 0 saturated heterocycles. The van der Waals surface area contributed by atoms with Crippen molar-refractivity contribution in [2.24, 2.45) is 0 Å². The molecule has 0 atom stereocenters. The Morgan fingerprint density at radius 3 is 2.90 bits per heavy atom. The van der Waals surface area contributed by atoms with Crippen molar-refractivity contribution in [1.29, 1.82) is 0 Å². The SMILES string of the molecule is Nc1ccc2[nH]nc(C(=O)Nc3c(F)cccc3Cl)c2c1. The van der Waals surface area contributed by atoms with Gasteiger partial charge in [0.05, 0.1) is 16.2 Å². The Kier molecular flexibility index (Phi) is 3.23. The van der Waals surface area contributed by atoms with E-state index in [1.54, 1.807) is 18.2 Å². The van der Waals surface area contributed by atoms with E-state index in [9.17, 15) is 9.18 Å². The van der Waals surface area contributed by atoms with Crippen molar-refractivity contribution in [3.63, 3.8) is 0 Å². The lowest BCUT2D eigenvalue weighted by molar-refractivity contribution is 0.102. The highest BCUT2D eigenvalue weighted by atomic mass is 35.5. The van der Waals surface area contributed by atoms with E-state index in [0.717, 1.165) is 0 Å². The Balaban J connectivity index is 2.00.